The van der Waals surface area contributed by atoms with Gasteiger partial charge in [0.2, 0.25) is 5.82 Å². The van der Waals surface area contributed by atoms with E-state index in [4.69, 9.17) is 9.63 Å². The van der Waals surface area contributed by atoms with Crippen LogP contribution in [0.5, 0.6) is 0 Å². The summed E-state index contributed by atoms with van der Waals surface area (Å²) >= 11 is 0.0473. The average Bonchev–Trinajstić information content (AvgIpc) is 3.37. The van der Waals surface area contributed by atoms with E-state index in [1.54, 1.807) is 49.4 Å². The molecule has 12 heteroatoms. The third-order valence-corrected chi connectivity index (χ3v) is 7.06. The molecule has 0 radical (unpaired) electrons. The highest BCUT2D eigenvalue weighted by Crippen LogP contribution is 2.41. The Kier molecular flexibility index (Phi) is 8.75. The molecule has 0 aliphatic rings. The number of hydrogen-bond donors (Lipinski definition) is 2. The van der Waals surface area contributed by atoms with Crippen molar-refractivity contribution >= 4 is 27.9 Å². The number of aromatic nitrogens is 2. The number of hydrogen-bond acceptors (Lipinski definition) is 7. The first-order valence-corrected chi connectivity index (χ1v) is 13.3. The van der Waals surface area contributed by atoms with Crippen molar-refractivity contribution in [2.45, 2.75) is 31.0 Å². The number of nitrogens with one attached hydrogen (secondary N) is 1. The minimum Gasteiger partial charge on any atom is -0.481 e. The Bertz CT molecular complexity index is 1440. The predicted molar refractivity (Wildman–Crippen MR) is 139 cm³/mol. The van der Waals surface area contributed by atoms with Gasteiger partial charge in [0.1, 0.15) is 11.2 Å². The zero-order chi connectivity index (χ0) is 27.3. The Morgan fingerprint density at radius 1 is 1.05 bits per heavy atom. The fourth-order valence-corrected chi connectivity index (χ4v) is 5.01. The van der Waals surface area contributed by atoms with Crippen molar-refractivity contribution in [2.75, 3.05) is 6.54 Å². The van der Waals surface area contributed by atoms with Gasteiger partial charge in [-0.05, 0) is 58.2 Å². The lowest BCUT2D eigenvalue weighted by atomic mass is 9.94. The van der Waals surface area contributed by atoms with Crippen molar-refractivity contribution in [2.24, 2.45) is 0 Å². The van der Waals surface area contributed by atoms with E-state index in [2.05, 4.69) is 15.5 Å². The van der Waals surface area contributed by atoms with Crippen LogP contribution in [-0.2, 0) is 17.5 Å². The lowest BCUT2D eigenvalue weighted by Gasteiger charge is -2.15. The number of carboxylic acids is 1. The maximum Gasteiger partial charge on any atom is 0.417 e. The maximum absolute atomic E-state index is 14.0. The molecule has 0 spiro atoms. The second-order valence-corrected chi connectivity index (χ2v) is 9.90. The summed E-state index contributed by atoms with van der Waals surface area (Å²) in [5, 5.41) is 15.7. The van der Waals surface area contributed by atoms with Crippen LogP contribution in [0.4, 0.5) is 17.1 Å². The molecule has 0 saturated carbocycles. The predicted octanol–water partition coefficient (Wildman–Crippen LogP) is 7.59. The number of carbonyl (C=O) groups is 1. The van der Waals surface area contributed by atoms with E-state index in [0.717, 1.165) is 22.4 Å². The van der Waals surface area contributed by atoms with E-state index in [0.29, 0.717) is 28.1 Å². The third-order valence-electron chi connectivity index (χ3n) is 5.71. The van der Waals surface area contributed by atoms with E-state index in [1.807, 2.05) is 0 Å². The van der Waals surface area contributed by atoms with Crippen molar-refractivity contribution in [3.8, 4) is 34.0 Å². The Balaban J connectivity index is 1.63. The summed E-state index contributed by atoms with van der Waals surface area (Å²) in [4.78, 5) is 15.5. The number of nitrogens with zero attached hydrogens (tertiary/aromatic N) is 2. The van der Waals surface area contributed by atoms with Gasteiger partial charge < -0.3 is 14.9 Å². The largest absolute Gasteiger partial charge is 0.481 e. The molecule has 4 aromatic rings. The smallest absolute Gasteiger partial charge is 0.417 e. The molecule has 6 nitrogen and oxygen atoms in total. The van der Waals surface area contributed by atoms with Crippen LogP contribution in [0.1, 0.15) is 23.1 Å². The highest BCUT2D eigenvalue weighted by atomic mass is 33.1. The van der Waals surface area contributed by atoms with Crippen LogP contribution >= 0.6 is 22.0 Å². The first-order chi connectivity index (χ1) is 18.2. The van der Waals surface area contributed by atoms with Crippen LogP contribution in [0, 0.1) is 6.92 Å². The number of rotatable bonds is 10. The van der Waals surface area contributed by atoms with Gasteiger partial charge in [-0.2, -0.15) is 22.0 Å². The molecule has 0 bridgehead atoms. The molecule has 2 N–H and O–H groups in total. The fourth-order valence-electron chi connectivity index (χ4n) is 3.85. The highest BCUT2D eigenvalue weighted by molar-refractivity contribution is 8.74. The van der Waals surface area contributed by atoms with E-state index < -0.39 is 17.7 Å². The third kappa shape index (κ3) is 6.55. The van der Waals surface area contributed by atoms with E-state index in [9.17, 15) is 21.9 Å². The lowest BCUT2D eigenvalue weighted by molar-refractivity contribution is -0.137. The lowest BCUT2D eigenvalue weighted by Crippen LogP contribution is -2.17. The molecule has 0 atom stereocenters. The van der Waals surface area contributed by atoms with Gasteiger partial charge in [0, 0.05) is 29.1 Å². The summed E-state index contributed by atoms with van der Waals surface area (Å²) in [6.07, 6.45) is -4.66. The molecule has 0 amide bonds. The van der Waals surface area contributed by atoms with Gasteiger partial charge in [-0.1, -0.05) is 47.6 Å². The normalized spacial score (nSPS) is 11.6. The quantitative estimate of drug-likeness (QED) is 0.116. The molecule has 0 fully saturated rings. The van der Waals surface area contributed by atoms with Crippen molar-refractivity contribution < 1.29 is 31.5 Å². The highest BCUT2D eigenvalue weighted by Gasteiger charge is 2.34. The van der Waals surface area contributed by atoms with Crippen LogP contribution < -0.4 is 5.32 Å². The molecule has 0 saturated heterocycles. The number of aliphatic carboxylic acids is 1. The molecule has 0 unspecified atom stereocenters. The van der Waals surface area contributed by atoms with Crippen LogP contribution in [0.15, 0.2) is 70.1 Å². The summed E-state index contributed by atoms with van der Waals surface area (Å²) in [6, 6.07) is 15.8. The van der Waals surface area contributed by atoms with Crippen molar-refractivity contribution in [3.63, 3.8) is 0 Å². The van der Waals surface area contributed by atoms with Crippen molar-refractivity contribution in [3.05, 3.63) is 77.4 Å². The Morgan fingerprint density at radius 3 is 2.53 bits per heavy atom. The van der Waals surface area contributed by atoms with E-state index >= 15 is 0 Å². The first-order valence-electron chi connectivity index (χ1n) is 11.3. The van der Waals surface area contributed by atoms with Crippen molar-refractivity contribution in [1.82, 2.24) is 15.5 Å². The topological polar surface area (TPSA) is 88.2 Å². The standard InChI is InChI=1S/C26H21F4N3O3S2/c1-15-4-2-3-5-19(15)20-9-8-17(12-21(20)26(27,28)29)25-32-24(33-36-25)16-6-7-18(22(13-16)37-38-30)14-31-11-10-23(34)35/h2-9,12-13,31H,10-11,14H2,1H3,(H,34,35). The monoisotopic (exact) mass is 563 g/mol. The number of benzene rings is 3. The first kappa shape index (κ1) is 27.7. The molecular formula is C26H21F4N3O3S2. The average molecular weight is 564 g/mol. The van der Waals surface area contributed by atoms with Crippen LogP contribution in [0.25, 0.3) is 34.0 Å². The SMILES string of the molecule is Cc1ccccc1-c1ccc(-c2nc(-c3ccc(CNCCC(=O)O)c(SSF)c3)no2)cc1C(F)(F)F. The van der Waals surface area contributed by atoms with E-state index in [-0.39, 0.29) is 47.0 Å². The molecule has 1 heterocycles. The molecule has 38 heavy (non-hydrogen) atoms. The maximum atomic E-state index is 14.0. The van der Waals surface area contributed by atoms with Crippen molar-refractivity contribution in [1.29, 1.82) is 0 Å². The number of halogens is 4. The molecule has 1 aromatic heterocycles. The van der Waals surface area contributed by atoms with Gasteiger partial charge in [0.15, 0.2) is 0 Å². The van der Waals surface area contributed by atoms with E-state index in [1.165, 1.54) is 12.1 Å². The summed E-state index contributed by atoms with van der Waals surface area (Å²) < 4.78 is 60.4. The summed E-state index contributed by atoms with van der Waals surface area (Å²) in [6.45, 7) is 2.32. The molecule has 198 valence electrons. The summed E-state index contributed by atoms with van der Waals surface area (Å²) in [7, 11) is 0.866. The van der Waals surface area contributed by atoms with Gasteiger partial charge >= 0.3 is 12.1 Å². The van der Waals surface area contributed by atoms with Crippen LogP contribution in [-0.4, -0.2) is 27.8 Å². The fraction of sp³-hybridized carbons (Fsp3) is 0.192. The molecule has 0 aliphatic carbocycles. The minimum atomic E-state index is -4.61. The van der Waals surface area contributed by atoms with Gasteiger partial charge in [-0.25, -0.2) is 0 Å². The number of aryl methyl sites for hydroxylation is 1. The summed E-state index contributed by atoms with van der Waals surface area (Å²) in [5.74, 6) is -0.884. The zero-order valence-corrected chi connectivity index (χ0v) is 21.5. The summed E-state index contributed by atoms with van der Waals surface area (Å²) in [5.41, 5.74) is 1.76. The number of carboxylic acid groups (broad SMARTS) is 1. The van der Waals surface area contributed by atoms with Gasteiger partial charge in [0.25, 0.3) is 5.89 Å². The van der Waals surface area contributed by atoms with Crippen LogP contribution in [0.2, 0.25) is 0 Å². The Hall–Kier alpha value is -3.35. The molecular weight excluding hydrogens is 542 g/mol. The second-order valence-electron chi connectivity index (χ2n) is 8.29. The minimum absolute atomic E-state index is 0.0473. The van der Waals surface area contributed by atoms with Gasteiger partial charge in [-0.3, -0.25) is 4.79 Å². The second kappa shape index (κ2) is 12.0. The van der Waals surface area contributed by atoms with Crippen LogP contribution in [0.3, 0.4) is 0 Å². The molecule has 3 aromatic carbocycles. The van der Waals surface area contributed by atoms with Gasteiger partial charge in [0.05, 0.1) is 12.0 Å². The van der Waals surface area contributed by atoms with Gasteiger partial charge in [-0.15, -0.1) is 0 Å². The number of alkyl halides is 3. The molecule has 0 aliphatic heterocycles. The zero-order valence-electron chi connectivity index (χ0n) is 19.9. The molecule has 4 rings (SSSR count). The Morgan fingerprint density at radius 2 is 1.82 bits per heavy atom. The Labute approximate surface area is 223 Å².